The molecule has 3 heterocycles. The van der Waals surface area contributed by atoms with Crippen LogP contribution in [0.4, 0.5) is 11.4 Å². The van der Waals surface area contributed by atoms with Crippen LogP contribution >= 0.6 is 0 Å². The van der Waals surface area contributed by atoms with Gasteiger partial charge in [-0.2, -0.15) is 0 Å². The van der Waals surface area contributed by atoms with Gasteiger partial charge in [0, 0.05) is 49.8 Å². The van der Waals surface area contributed by atoms with E-state index in [2.05, 4.69) is 34.1 Å². The van der Waals surface area contributed by atoms with Crippen LogP contribution < -0.4 is 9.80 Å². The Hall–Kier alpha value is -2.40. The molecule has 0 spiro atoms. The molecule has 1 saturated heterocycles. The molecule has 2 aliphatic heterocycles. The number of pyridine rings is 1. The average molecular weight is 351 g/mol. The second-order valence-electron chi connectivity index (χ2n) is 6.92. The molecule has 0 bridgehead atoms. The standard InChI is InChI=1S/C21H25N3O2/c25-21(5-1-3-17-4-2-9-22-16-17)24-10-8-18-6-7-19(15-20(18)24)23-11-13-26-14-12-23/h2,4,6-7,9,15-16H,1,3,5,8,10-14H2. The summed E-state index contributed by atoms with van der Waals surface area (Å²) in [7, 11) is 0. The van der Waals surface area contributed by atoms with Gasteiger partial charge in [-0.05, 0) is 48.6 Å². The predicted molar refractivity (Wildman–Crippen MR) is 103 cm³/mol. The predicted octanol–water partition coefficient (Wildman–Crippen LogP) is 2.83. The van der Waals surface area contributed by atoms with Gasteiger partial charge in [0.25, 0.3) is 0 Å². The highest BCUT2D eigenvalue weighted by Gasteiger charge is 2.25. The molecule has 0 atom stereocenters. The molecule has 1 aromatic carbocycles. The Morgan fingerprint density at radius 2 is 2.04 bits per heavy atom. The highest BCUT2D eigenvalue weighted by atomic mass is 16.5. The maximum Gasteiger partial charge on any atom is 0.227 e. The summed E-state index contributed by atoms with van der Waals surface area (Å²) in [6, 6.07) is 10.6. The summed E-state index contributed by atoms with van der Waals surface area (Å²) < 4.78 is 5.44. The second-order valence-corrected chi connectivity index (χ2v) is 6.92. The summed E-state index contributed by atoms with van der Waals surface area (Å²) in [4.78, 5) is 21.2. The van der Waals surface area contributed by atoms with Crippen LogP contribution in [0.3, 0.4) is 0 Å². The van der Waals surface area contributed by atoms with Gasteiger partial charge in [0.15, 0.2) is 0 Å². The van der Waals surface area contributed by atoms with Crippen molar-refractivity contribution in [3.8, 4) is 0 Å². The largest absolute Gasteiger partial charge is 0.378 e. The first kappa shape index (κ1) is 17.0. The van der Waals surface area contributed by atoms with Crippen molar-refractivity contribution in [3.05, 3.63) is 53.9 Å². The molecule has 2 aliphatic rings. The highest BCUT2D eigenvalue weighted by Crippen LogP contribution is 2.33. The molecule has 5 heteroatoms. The number of carbonyl (C=O) groups excluding carboxylic acids is 1. The quantitative estimate of drug-likeness (QED) is 0.831. The van der Waals surface area contributed by atoms with E-state index in [1.165, 1.54) is 16.8 Å². The van der Waals surface area contributed by atoms with E-state index in [0.29, 0.717) is 6.42 Å². The average Bonchev–Trinajstić information content (AvgIpc) is 3.13. The van der Waals surface area contributed by atoms with Gasteiger partial charge in [-0.25, -0.2) is 0 Å². The Morgan fingerprint density at radius 1 is 1.15 bits per heavy atom. The first-order valence-corrected chi connectivity index (χ1v) is 9.46. The van der Waals surface area contributed by atoms with Gasteiger partial charge in [-0.15, -0.1) is 0 Å². The summed E-state index contributed by atoms with van der Waals surface area (Å²) in [5.41, 5.74) is 4.77. The number of anilines is 2. The number of nitrogens with zero attached hydrogens (tertiary/aromatic N) is 3. The number of ether oxygens (including phenoxy) is 1. The lowest BCUT2D eigenvalue weighted by atomic mass is 10.1. The summed E-state index contributed by atoms with van der Waals surface area (Å²) in [5.74, 6) is 0.228. The van der Waals surface area contributed by atoms with Crippen LogP contribution in [0.25, 0.3) is 0 Å². The Labute approximate surface area is 154 Å². The van der Waals surface area contributed by atoms with Crippen LogP contribution in [-0.4, -0.2) is 43.7 Å². The number of amides is 1. The van der Waals surface area contributed by atoms with Crippen molar-refractivity contribution >= 4 is 17.3 Å². The van der Waals surface area contributed by atoms with Gasteiger partial charge >= 0.3 is 0 Å². The van der Waals surface area contributed by atoms with Crippen molar-refractivity contribution in [3.63, 3.8) is 0 Å². The fourth-order valence-electron chi connectivity index (χ4n) is 3.77. The zero-order chi connectivity index (χ0) is 17.8. The lowest BCUT2D eigenvalue weighted by Crippen LogP contribution is -2.36. The van der Waals surface area contributed by atoms with Crippen LogP contribution in [0.2, 0.25) is 0 Å². The van der Waals surface area contributed by atoms with Gasteiger partial charge in [-0.1, -0.05) is 12.1 Å². The molecule has 1 fully saturated rings. The molecule has 5 nitrogen and oxygen atoms in total. The van der Waals surface area contributed by atoms with E-state index in [1.54, 1.807) is 6.20 Å². The summed E-state index contributed by atoms with van der Waals surface area (Å²) >= 11 is 0. The topological polar surface area (TPSA) is 45.7 Å². The normalized spacial score (nSPS) is 16.6. The van der Waals surface area contributed by atoms with Gasteiger partial charge < -0.3 is 14.5 Å². The fourth-order valence-corrected chi connectivity index (χ4v) is 3.77. The van der Waals surface area contributed by atoms with Crippen LogP contribution in [0.1, 0.15) is 24.0 Å². The van der Waals surface area contributed by atoms with Crippen LogP contribution in [-0.2, 0) is 22.4 Å². The number of rotatable bonds is 5. The minimum atomic E-state index is 0.228. The Balaban J connectivity index is 1.40. The smallest absolute Gasteiger partial charge is 0.227 e. The maximum absolute atomic E-state index is 12.8. The Kier molecular flexibility index (Phi) is 5.16. The Morgan fingerprint density at radius 3 is 2.85 bits per heavy atom. The zero-order valence-corrected chi connectivity index (χ0v) is 15.1. The molecule has 26 heavy (non-hydrogen) atoms. The third-order valence-electron chi connectivity index (χ3n) is 5.22. The van der Waals surface area contributed by atoms with Crippen LogP contribution in [0.15, 0.2) is 42.7 Å². The van der Waals surface area contributed by atoms with E-state index in [4.69, 9.17) is 4.74 Å². The number of fused-ring (bicyclic) bond motifs is 1. The van der Waals surface area contributed by atoms with E-state index in [0.717, 1.165) is 57.8 Å². The molecule has 2 aromatic rings. The molecule has 0 unspecified atom stereocenters. The van der Waals surface area contributed by atoms with E-state index in [9.17, 15) is 4.79 Å². The van der Waals surface area contributed by atoms with E-state index < -0.39 is 0 Å². The van der Waals surface area contributed by atoms with Gasteiger partial charge in [-0.3, -0.25) is 9.78 Å². The highest BCUT2D eigenvalue weighted by molar-refractivity contribution is 5.96. The van der Waals surface area contributed by atoms with Gasteiger partial charge in [0.2, 0.25) is 5.91 Å². The summed E-state index contributed by atoms with van der Waals surface area (Å²) in [6.07, 6.45) is 6.95. The SMILES string of the molecule is O=C(CCCc1cccnc1)N1CCc2ccc(N3CCOCC3)cc21. The van der Waals surface area contributed by atoms with E-state index >= 15 is 0 Å². The number of aryl methyl sites for hydroxylation is 1. The lowest BCUT2D eigenvalue weighted by Gasteiger charge is -2.29. The third kappa shape index (κ3) is 3.73. The zero-order valence-electron chi connectivity index (χ0n) is 15.1. The second kappa shape index (κ2) is 7.87. The third-order valence-corrected chi connectivity index (χ3v) is 5.22. The number of aromatic nitrogens is 1. The molecule has 0 saturated carbocycles. The van der Waals surface area contributed by atoms with Crippen molar-refractivity contribution < 1.29 is 9.53 Å². The summed E-state index contributed by atoms with van der Waals surface area (Å²) in [6.45, 7) is 4.17. The molecule has 1 aromatic heterocycles. The molecular formula is C21H25N3O2. The van der Waals surface area contributed by atoms with Crippen LogP contribution in [0.5, 0.6) is 0 Å². The van der Waals surface area contributed by atoms with Crippen molar-refractivity contribution in [2.75, 3.05) is 42.6 Å². The molecule has 0 radical (unpaired) electrons. The van der Waals surface area contributed by atoms with Crippen molar-refractivity contribution in [2.24, 2.45) is 0 Å². The molecule has 0 N–H and O–H groups in total. The van der Waals surface area contributed by atoms with Crippen molar-refractivity contribution in [1.29, 1.82) is 0 Å². The van der Waals surface area contributed by atoms with Gasteiger partial charge in [0.05, 0.1) is 13.2 Å². The number of morpholine rings is 1. The Bertz CT molecular complexity index is 757. The molecule has 136 valence electrons. The minimum absolute atomic E-state index is 0.228. The maximum atomic E-state index is 12.8. The van der Waals surface area contributed by atoms with Gasteiger partial charge in [0.1, 0.15) is 0 Å². The fraction of sp³-hybridized carbons (Fsp3) is 0.429. The minimum Gasteiger partial charge on any atom is -0.378 e. The molecule has 4 rings (SSSR count). The first-order chi connectivity index (χ1) is 12.8. The monoisotopic (exact) mass is 351 g/mol. The number of benzene rings is 1. The number of hydrogen-bond acceptors (Lipinski definition) is 4. The van der Waals surface area contributed by atoms with Crippen molar-refractivity contribution in [2.45, 2.75) is 25.7 Å². The molecule has 0 aliphatic carbocycles. The number of carbonyl (C=O) groups is 1. The molecule has 1 amide bonds. The van der Waals surface area contributed by atoms with E-state index in [-0.39, 0.29) is 5.91 Å². The van der Waals surface area contributed by atoms with E-state index in [1.807, 2.05) is 17.2 Å². The molecular weight excluding hydrogens is 326 g/mol. The number of hydrogen-bond donors (Lipinski definition) is 0. The van der Waals surface area contributed by atoms with Crippen molar-refractivity contribution in [1.82, 2.24) is 4.98 Å². The lowest BCUT2D eigenvalue weighted by molar-refractivity contribution is -0.118. The first-order valence-electron chi connectivity index (χ1n) is 9.46. The summed E-state index contributed by atoms with van der Waals surface area (Å²) in [5, 5.41) is 0. The van der Waals surface area contributed by atoms with Crippen LogP contribution in [0, 0.1) is 0 Å².